The van der Waals surface area contributed by atoms with Crippen molar-refractivity contribution in [3.63, 3.8) is 0 Å². The van der Waals surface area contributed by atoms with Crippen LogP contribution in [0.5, 0.6) is 5.75 Å². The lowest BCUT2D eigenvalue weighted by atomic mass is 10.2. The molecule has 2 nitrogen and oxygen atoms in total. The summed E-state index contributed by atoms with van der Waals surface area (Å²) in [5.74, 6) is 0.961. The molecule has 1 heterocycles. The van der Waals surface area contributed by atoms with E-state index in [1.807, 2.05) is 13.0 Å². The third-order valence-corrected chi connectivity index (χ3v) is 2.81. The van der Waals surface area contributed by atoms with E-state index >= 15 is 0 Å². The van der Waals surface area contributed by atoms with Gasteiger partial charge >= 0.3 is 0 Å². The second kappa shape index (κ2) is 5.06. The number of aryl methyl sites for hydroxylation is 1. The Morgan fingerprint density at radius 2 is 2.06 bits per heavy atom. The van der Waals surface area contributed by atoms with Crippen LogP contribution in [0.2, 0.25) is 0 Å². The number of aromatic nitrogens is 1. The maximum atomic E-state index is 5.50. The largest absolute Gasteiger partial charge is 0.494 e. The van der Waals surface area contributed by atoms with E-state index in [0.717, 1.165) is 18.9 Å². The van der Waals surface area contributed by atoms with Gasteiger partial charge < -0.3 is 9.30 Å². The Hall–Kier alpha value is -1.44. The number of hydrogen-bond acceptors (Lipinski definition) is 1. The average molecular weight is 217 g/mol. The monoisotopic (exact) mass is 217 g/mol. The van der Waals surface area contributed by atoms with Gasteiger partial charge in [-0.25, -0.2) is 0 Å². The molecule has 0 saturated carbocycles. The Balaban J connectivity index is 2.27. The van der Waals surface area contributed by atoms with E-state index in [0.29, 0.717) is 0 Å². The number of rotatable bonds is 5. The van der Waals surface area contributed by atoms with Crippen LogP contribution in [0.1, 0.15) is 26.7 Å². The molecule has 0 radical (unpaired) electrons. The Bertz CT molecular complexity index is 459. The average Bonchev–Trinajstić information content (AvgIpc) is 2.69. The van der Waals surface area contributed by atoms with Gasteiger partial charge in [-0.2, -0.15) is 0 Å². The molecule has 0 unspecified atom stereocenters. The van der Waals surface area contributed by atoms with Crippen molar-refractivity contribution in [3.05, 3.63) is 30.5 Å². The van der Waals surface area contributed by atoms with Crippen molar-refractivity contribution in [1.82, 2.24) is 4.57 Å². The number of benzene rings is 1. The van der Waals surface area contributed by atoms with Crippen molar-refractivity contribution in [2.75, 3.05) is 6.61 Å². The molecular weight excluding hydrogens is 198 g/mol. The summed E-state index contributed by atoms with van der Waals surface area (Å²) in [7, 11) is 0. The molecular formula is C14H19NO. The second-order valence-corrected chi connectivity index (χ2v) is 4.02. The van der Waals surface area contributed by atoms with Crippen LogP contribution in [0.15, 0.2) is 30.5 Å². The number of unbranched alkanes of at least 4 members (excludes halogenated alkanes) is 1. The highest BCUT2D eigenvalue weighted by Gasteiger charge is 2.01. The maximum absolute atomic E-state index is 5.50. The molecule has 1 aromatic carbocycles. The molecule has 0 fully saturated rings. The van der Waals surface area contributed by atoms with Gasteiger partial charge in [0.05, 0.1) is 6.61 Å². The zero-order valence-corrected chi connectivity index (χ0v) is 10.1. The van der Waals surface area contributed by atoms with Crippen LogP contribution in [-0.2, 0) is 6.54 Å². The molecule has 0 aliphatic carbocycles. The topological polar surface area (TPSA) is 14.2 Å². The van der Waals surface area contributed by atoms with E-state index < -0.39 is 0 Å². The lowest BCUT2D eigenvalue weighted by Crippen LogP contribution is -1.95. The molecule has 2 aromatic rings. The van der Waals surface area contributed by atoms with Crippen LogP contribution in [0.25, 0.3) is 10.9 Å². The van der Waals surface area contributed by atoms with Gasteiger partial charge in [0.2, 0.25) is 0 Å². The van der Waals surface area contributed by atoms with E-state index in [1.54, 1.807) is 0 Å². The van der Waals surface area contributed by atoms with Crippen LogP contribution < -0.4 is 4.74 Å². The number of nitrogens with zero attached hydrogens (tertiary/aromatic N) is 1. The van der Waals surface area contributed by atoms with Gasteiger partial charge in [-0.3, -0.25) is 0 Å². The summed E-state index contributed by atoms with van der Waals surface area (Å²) in [5.41, 5.74) is 1.30. The van der Waals surface area contributed by atoms with Crippen molar-refractivity contribution in [2.24, 2.45) is 0 Å². The summed E-state index contributed by atoms with van der Waals surface area (Å²) in [6.45, 7) is 6.06. The smallest absolute Gasteiger partial charge is 0.120 e. The zero-order valence-electron chi connectivity index (χ0n) is 10.1. The molecule has 86 valence electrons. The fourth-order valence-corrected chi connectivity index (χ4v) is 1.96. The predicted molar refractivity (Wildman–Crippen MR) is 68.0 cm³/mol. The molecule has 0 atom stereocenters. The van der Waals surface area contributed by atoms with Crippen LogP contribution >= 0.6 is 0 Å². The highest BCUT2D eigenvalue weighted by atomic mass is 16.5. The maximum Gasteiger partial charge on any atom is 0.120 e. The van der Waals surface area contributed by atoms with Gasteiger partial charge in [-0.1, -0.05) is 13.3 Å². The number of hydrogen-bond donors (Lipinski definition) is 0. The highest BCUT2D eigenvalue weighted by molar-refractivity contribution is 5.81. The first-order valence-electron chi connectivity index (χ1n) is 6.07. The summed E-state index contributed by atoms with van der Waals surface area (Å²) in [6, 6.07) is 8.47. The first-order chi connectivity index (χ1) is 7.85. The van der Waals surface area contributed by atoms with Gasteiger partial charge in [0.25, 0.3) is 0 Å². The first-order valence-corrected chi connectivity index (χ1v) is 6.07. The first kappa shape index (κ1) is 11.1. The van der Waals surface area contributed by atoms with Gasteiger partial charge in [-0.15, -0.1) is 0 Å². The quantitative estimate of drug-likeness (QED) is 0.742. The standard InChI is InChI=1S/C14H19NO/c1-3-5-9-15-10-8-12-11-13(16-4-2)6-7-14(12)15/h6-8,10-11H,3-5,9H2,1-2H3. The highest BCUT2D eigenvalue weighted by Crippen LogP contribution is 2.22. The third kappa shape index (κ3) is 2.21. The summed E-state index contributed by atoms with van der Waals surface area (Å²) >= 11 is 0. The van der Waals surface area contributed by atoms with Crippen molar-refractivity contribution in [2.45, 2.75) is 33.2 Å². The van der Waals surface area contributed by atoms with Crippen molar-refractivity contribution >= 4 is 10.9 Å². The number of ether oxygens (including phenoxy) is 1. The summed E-state index contributed by atoms with van der Waals surface area (Å²) < 4.78 is 7.81. The minimum atomic E-state index is 0.724. The molecule has 0 saturated heterocycles. The molecule has 0 bridgehead atoms. The molecule has 2 heteroatoms. The van der Waals surface area contributed by atoms with Gasteiger partial charge in [0, 0.05) is 23.6 Å². The van der Waals surface area contributed by atoms with Crippen LogP contribution in [-0.4, -0.2) is 11.2 Å². The second-order valence-electron chi connectivity index (χ2n) is 4.02. The van der Waals surface area contributed by atoms with Gasteiger partial charge in [0.15, 0.2) is 0 Å². The molecule has 0 amide bonds. The fourth-order valence-electron chi connectivity index (χ4n) is 1.96. The van der Waals surface area contributed by atoms with E-state index in [1.165, 1.54) is 23.7 Å². The molecule has 0 spiro atoms. The predicted octanol–water partition coefficient (Wildman–Crippen LogP) is 3.84. The molecule has 0 aliphatic heterocycles. The summed E-state index contributed by atoms with van der Waals surface area (Å²) in [6.07, 6.45) is 4.63. The summed E-state index contributed by atoms with van der Waals surface area (Å²) in [5, 5.41) is 1.27. The van der Waals surface area contributed by atoms with Crippen molar-refractivity contribution in [1.29, 1.82) is 0 Å². The Morgan fingerprint density at radius 1 is 1.19 bits per heavy atom. The van der Waals surface area contributed by atoms with Crippen LogP contribution in [0.4, 0.5) is 0 Å². The molecule has 16 heavy (non-hydrogen) atoms. The normalized spacial score (nSPS) is 10.9. The SMILES string of the molecule is CCCCn1ccc2cc(OCC)ccc21. The fraction of sp³-hybridized carbons (Fsp3) is 0.429. The number of fused-ring (bicyclic) bond motifs is 1. The lowest BCUT2D eigenvalue weighted by Gasteiger charge is -2.06. The zero-order chi connectivity index (χ0) is 11.4. The van der Waals surface area contributed by atoms with Crippen LogP contribution in [0, 0.1) is 0 Å². The molecule has 1 aromatic heterocycles. The lowest BCUT2D eigenvalue weighted by molar-refractivity contribution is 0.340. The van der Waals surface area contributed by atoms with E-state index in [9.17, 15) is 0 Å². The Labute approximate surface area is 96.8 Å². The minimum absolute atomic E-state index is 0.724. The van der Waals surface area contributed by atoms with E-state index in [4.69, 9.17) is 4.74 Å². The van der Waals surface area contributed by atoms with Gasteiger partial charge in [-0.05, 0) is 37.6 Å². The molecule has 0 N–H and O–H groups in total. The van der Waals surface area contributed by atoms with Crippen LogP contribution in [0.3, 0.4) is 0 Å². The molecule has 0 aliphatic rings. The third-order valence-electron chi connectivity index (χ3n) is 2.81. The Morgan fingerprint density at radius 3 is 2.81 bits per heavy atom. The van der Waals surface area contributed by atoms with Crippen molar-refractivity contribution in [3.8, 4) is 5.75 Å². The van der Waals surface area contributed by atoms with E-state index in [2.05, 4.69) is 35.9 Å². The van der Waals surface area contributed by atoms with Gasteiger partial charge in [0.1, 0.15) is 5.75 Å². The summed E-state index contributed by atoms with van der Waals surface area (Å²) in [4.78, 5) is 0. The Kier molecular flexibility index (Phi) is 3.50. The van der Waals surface area contributed by atoms with E-state index in [-0.39, 0.29) is 0 Å². The van der Waals surface area contributed by atoms with Crippen molar-refractivity contribution < 1.29 is 4.74 Å². The molecule has 2 rings (SSSR count). The minimum Gasteiger partial charge on any atom is -0.494 e.